The van der Waals surface area contributed by atoms with Crippen LogP contribution in [0.2, 0.25) is 0 Å². The maximum atomic E-state index is 12.0. The molecular formula is C11H21N3O2. The average Bonchev–Trinajstić information content (AvgIpc) is 2.98. The summed E-state index contributed by atoms with van der Waals surface area (Å²) in [5.74, 6) is 0.260. The molecule has 0 radical (unpaired) electrons. The molecule has 0 bridgehead atoms. The molecule has 1 aliphatic rings. The molecule has 0 aromatic rings. The lowest BCUT2D eigenvalue weighted by Crippen LogP contribution is -2.53. The van der Waals surface area contributed by atoms with Gasteiger partial charge in [0.05, 0.1) is 0 Å². The summed E-state index contributed by atoms with van der Waals surface area (Å²) in [6.07, 6.45) is 2.30. The van der Waals surface area contributed by atoms with E-state index in [2.05, 4.69) is 10.5 Å². The van der Waals surface area contributed by atoms with E-state index in [-0.39, 0.29) is 17.3 Å². The Kier molecular flexibility index (Phi) is 3.17. The fourth-order valence-corrected chi connectivity index (χ4v) is 1.60. The number of carbonyl (C=O) groups excluding carboxylic acids is 1. The summed E-state index contributed by atoms with van der Waals surface area (Å²) in [4.78, 5) is 12.0. The van der Waals surface area contributed by atoms with Gasteiger partial charge in [0.2, 0.25) is 5.91 Å². The topological polar surface area (TPSA) is 87.7 Å². The highest BCUT2D eigenvalue weighted by molar-refractivity contribution is 6.06. The maximum Gasteiger partial charge on any atom is 0.233 e. The van der Waals surface area contributed by atoms with E-state index in [0.717, 1.165) is 12.8 Å². The summed E-state index contributed by atoms with van der Waals surface area (Å²) in [6, 6.07) is 0. The first-order valence-corrected chi connectivity index (χ1v) is 5.52. The molecule has 1 saturated carbocycles. The molecule has 0 heterocycles. The van der Waals surface area contributed by atoms with Crippen molar-refractivity contribution in [2.75, 3.05) is 0 Å². The van der Waals surface area contributed by atoms with Crippen molar-refractivity contribution in [2.45, 2.75) is 46.1 Å². The van der Waals surface area contributed by atoms with E-state index in [1.54, 1.807) is 13.8 Å². The zero-order chi connectivity index (χ0) is 12.6. The number of nitrogens with one attached hydrogen (secondary N) is 1. The summed E-state index contributed by atoms with van der Waals surface area (Å²) in [5, 5.41) is 14.5. The Balaban J connectivity index is 2.71. The molecule has 0 spiro atoms. The number of amides is 1. The van der Waals surface area contributed by atoms with Crippen molar-refractivity contribution in [2.24, 2.45) is 22.2 Å². The third kappa shape index (κ3) is 2.46. The minimum Gasteiger partial charge on any atom is -0.409 e. The molecule has 0 aromatic heterocycles. The van der Waals surface area contributed by atoms with E-state index >= 15 is 0 Å². The Hall–Kier alpha value is -1.26. The fraction of sp³-hybridized carbons (Fsp3) is 0.818. The average molecular weight is 227 g/mol. The molecule has 1 fully saturated rings. The quantitative estimate of drug-likeness (QED) is 0.290. The molecule has 1 aliphatic carbocycles. The predicted molar refractivity (Wildman–Crippen MR) is 62.1 cm³/mol. The van der Waals surface area contributed by atoms with Gasteiger partial charge in [-0.15, -0.1) is 0 Å². The van der Waals surface area contributed by atoms with Crippen LogP contribution in [-0.2, 0) is 4.79 Å². The lowest BCUT2D eigenvalue weighted by Gasteiger charge is -2.31. The van der Waals surface area contributed by atoms with Gasteiger partial charge in [0, 0.05) is 5.54 Å². The van der Waals surface area contributed by atoms with Gasteiger partial charge in [0.1, 0.15) is 5.41 Å². The van der Waals surface area contributed by atoms with Gasteiger partial charge in [-0.1, -0.05) is 5.16 Å². The highest BCUT2D eigenvalue weighted by atomic mass is 16.4. The van der Waals surface area contributed by atoms with E-state index in [1.807, 2.05) is 13.8 Å². The molecule has 16 heavy (non-hydrogen) atoms. The highest BCUT2D eigenvalue weighted by Gasteiger charge is 2.42. The summed E-state index contributed by atoms with van der Waals surface area (Å²) in [7, 11) is 0. The third-order valence-electron chi connectivity index (χ3n) is 3.35. The SMILES string of the molecule is CC(C)(C(=O)NC(C)(C)C1CC1)C(N)=NO. The number of oxime groups is 1. The van der Waals surface area contributed by atoms with Crippen molar-refractivity contribution in [1.82, 2.24) is 5.32 Å². The Morgan fingerprint density at radius 3 is 2.25 bits per heavy atom. The molecule has 0 atom stereocenters. The number of rotatable bonds is 4. The molecule has 0 unspecified atom stereocenters. The second-order valence-electron chi connectivity index (χ2n) is 5.56. The fourth-order valence-electron chi connectivity index (χ4n) is 1.60. The molecule has 0 aromatic carbocycles. The molecule has 92 valence electrons. The number of hydrogen-bond acceptors (Lipinski definition) is 3. The number of nitrogens with zero attached hydrogens (tertiary/aromatic N) is 1. The number of hydrogen-bond donors (Lipinski definition) is 3. The van der Waals surface area contributed by atoms with E-state index in [9.17, 15) is 4.79 Å². The van der Waals surface area contributed by atoms with Crippen molar-refractivity contribution in [3.63, 3.8) is 0 Å². The van der Waals surface area contributed by atoms with Gasteiger partial charge in [0.15, 0.2) is 5.84 Å². The zero-order valence-electron chi connectivity index (χ0n) is 10.4. The number of amidine groups is 1. The van der Waals surface area contributed by atoms with Gasteiger partial charge in [0.25, 0.3) is 0 Å². The Morgan fingerprint density at radius 1 is 1.38 bits per heavy atom. The van der Waals surface area contributed by atoms with Gasteiger partial charge >= 0.3 is 0 Å². The first-order chi connectivity index (χ1) is 7.21. The normalized spacial score (nSPS) is 18.4. The Morgan fingerprint density at radius 2 is 1.88 bits per heavy atom. The second-order valence-corrected chi connectivity index (χ2v) is 5.56. The molecule has 1 rings (SSSR count). The van der Waals surface area contributed by atoms with Gasteiger partial charge in [-0.2, -0.15) is 0 Å². The molecular weight excluding hydrogens is 206 g/mol. The van der Waals surface area contributed by atoms with E-state index in [4.69, 9.17) is 10.9 Å². The predicted octanol–water partition coefficient (Wildman–Crippen LogP) is 1.06. The monoisotopic (exact) mass is 227 g/mol. The van der Waals surface area contributed by atoms with Crippen LogP contribution in [-0.4, -0.2) is 22.5 Å². The van der Waals surface area contributed by atoms with Crippen LogP contribution in [0.1, 0.15) is 40.5 Å². The van der Waals surface area contributed by atoms with Crippen LogP contribution in [0.5, 0.6) is 0 Å². The first-order valence-electron chi connectivity index (χ1n) is 5.52. The molecule has 1 amide bonds. The van der Waals surface area contributed by atoms with Crippen LogP contribution in [0.15, 0.2) is 5.16 Å². The molecule has 0 aliphatic heterocycles. The van der Waals surface area contributed by atoms with Gasteiger partial charge in [-0.3, -0.25) is 4.79 Å². The van der Waals surface area contributed by atoms with Gasteiger partial charge in [-0.05, 0) is 46.5 Å². The summed E-state index contributed by atoms with van der Waals surface area (Å²) in [6.45, 7) is 7.29. The molecule has 4 N–H and O–H groups in total. The van der Waals surface area contributed by atoms with Crippen LogP contribution in [0, 0.1) is 11.3 Å². The molecule has 5 nitrogen and oxygen atoms in total. The number of carbonyl (C=O) groups is 1. The van der Waals surface area contributed by atoms with Crippen LogP contribution in [0.3, 0.4) is 0 Å². The van der Waals surface area contributed by atoms with E-state index < -0.39 is 5.41 Å². The molecule has 5 heteroatoms. The van der Waals surface area contributed by atoms with Crippen molar-refractivity contribution in [3.05, 3.63) is 0 Å². The lowest BCUT2D eigenvalue weighted by molar-refractivity contribution is -0.128. The standard InChI is InChI=1S/C11H21N3O2/c1-10(2,8(12)14-16)9(15)13-11(3,4)7-5-6-7/h7,16H,5-6H2,1-4H3,(H2,12,14)(H,13,15). The van der Waals surface area contributed by atoms with Gasteiger partial charge < -0.3 is 16.3 Å². The van der Waals surface area contributed by atoms with Crippen molar-refractivity contribution >= 4 is 11.7 Å². The van der Waals surface area contributed by atoms with E-state index in [0.29, 0.717) is 5.92 Å². The van der Waals surface area contributed by atoms with Crippen LogP contribution < -0.4 is 11.1 Å². The van der Waals surface area contributed by atoms with Crippen molar-refractivity contribution in [3.8, 4) is 0 Å². The highest BCUT2D eigenvalue weighted by Crippen LogP contribution is 2.39. The van der Waals surface area contributed by atoms with Gasteiger partial charge in [-0.25, -0.2) is 0 Å². The van der Waals surface area contributed by atoms with Crippen molar-refractivity contribution in [1.29, 1.82) is 0 Å². The van der Waals surface area contributed by atoms with Crippen LogP contribution >= 0.6 is 0 Å². The number of nitrogens with two attached hydrogens (primary N) is 1. The van der Waals surface area contributed by atoms with E-state index in [1.165, 1.54) is 0 Å². The summed E-state index contributed by atoms with van der Waals surface area (Å²) in [5.41, 5.74) is 4.30. The minimum atomic E-state index is -0.985. The summed E-state index contributed by atoms with van der Waals surface area (Å²) >= 11 is 0. The minimum absolute atomic E-state index is 0.0726. The van der Waals surface area contributed by atoms with Crippen LogP contribution in [0.25, 0.3) is 0 Å². The Bertz CT molecular complexity index is 317. The zero-order valence-corrected chi connectivity index (χ0v) is 10.4. The Labute approximate surface area is 96.1 Å². The molecule has 0 saturated heterocycles. The second kappa shape index (κ2) is 3.96. The maximum absolute atomic E-state index is 12.0. The van der Waals surface area contributed by atoms with Crippen LogP contribution in [0.4, 0.5) is 0 Å². The third-order valence-corrected chi connectivity index (χ3v) is 3.35. The first kappa shape index (κ1) is 12.8. The largest absolute Gasteiger partial charge is 0.409 e. The van der Waals surface area contributed by atoms with Crippen molar-refractivity contribution < 1.29 is 10.0 Å². The summed E-state index contributed by atoms with van der Waals surface area (Å²) < 4.78 is 0. The smallest absolute Gasteiger partial charge is 0.233 e. The lowest BCUT2D eigenvalue weighted by atomic mass is 9.88.